The highest BCUT2D eigenvalue weighted by molar-refractivity contribution is 6.14. The molecule has 21 heavy (non-hydrogen) atoms. The zero-order valence-corrected chi connectivity index (χ0v) is 11.5. The summed E-state index contributed by atoms with van der Waals surface area (Å²) in [7, 11) is 5.93. The van der Waals surface area contributed by atoms with Crippen molar-refractivity contribution >= 4 is 7.85 Å². The lowest BCUT2D eigenvalue weighted by molar-refractivity contribution is 0.0924. The van der Waals surface area contributed by atoms with Crippen molar-refractivity contribution in [2.24, 2.45) is 5.92 Å². The lowest BCUT2D eigenvalue weighted by Crippen LogP contribution is -2.30. The number of aromatic nitrogens is 3. The zero-order valence-electron chi connectivity index (χ0n) is 11.5. The molecule has 2 aliphatic rings. The number of halogens is 1. The largest absolute Gasteiger partial charge is 0.392 e. The summed E-state index contributed by atoms with van der Waals surface area (Å²) < 4.78 is 15.8. The van der Waals surface area contributed by atoms with Crippen LogP contribution in [0.5, 0.6) is 0 Å². The van der Waals surface area contributed by atoms with E-state index >= 15 is 0 Å². The van der Waals surface area contributed by atoms with Gasteiger partial charge in [0.1, 0.15) is 7.85 Å². The lowest BCUT2D eigenvalue weighted by atomic mass is 9.76. The van der Waals surface area contributed by atoms with Gasteiger partial charge in [0.05, 0.1) is 11.5 Å². The third-order valence-electron chi connectivity index (χ3n) is 4.41. The second-order valence-electron chi connectivity index (χ2n) is 5.97. The minimum absolute atomic E-state index is 0.0196. The molecule has 1 aliphatic heterocycles. The van der Waals surface area contributed by atoms with E-state index in [2.05, 4.69) is 10.1 Å². The Morgan fingerprint density at radius 2 is 2.00 bits per heavy atom. The zero-order chi connectivity index (χ0) is 14.6. The standard InChI is InChI=1S/C15H15BFN3O/c16-15(21,10-6-7-10)14-18-13-11(17)8-12(20(13)19-14)9-4-2-1-3-5-9/h1-5,10-12,21H,6-8H2. The Morgan fingerprint density at radius 3 is 2.67 bits per heavy atom. The van der Waals surface area contributed by atoms with Gasteiger partial charge in [-0.3, -0.25) is 0 Å². The van der Waals surface area contributed by atoms with Crippen molar-refractivity contribution < 1.29 is 9.50 Å². The van der Waals surface area contributed by atoms with Crippen LogP contribution in [0, 0.1) is 5.92 Å². The van der Waals surface area contributed by atoms with Crippen LogP contribution >= 0.6 is 0 Å². The van der Waals surface area contributed by atoms with Crippen molar-refractivity contribution in [3.8, 4) is 0 Å². The Balaban J connectivity index is 1.74. The number of hydrogen-bond donors (Lipinski definition) is 1. The smallest absolute Gasteiger partial charge is 0.173 e. The first kappa shape index (κ1) is 13.0. The van der Waals surface area contributed by atoms with Crippen molar-refractivity contribution in [2.45, 2.75) is 37.0 Å². The molecule has 4 nitrogen and oxygen atoms in total. The van der Waals surface area contributed by atoms with Crippen LogP contribution in [0.3, 0.4) is 0 Å². The number of rotatable bonds is 3. The summed E-state index contributed by atoms with van der Waals surface area (Å²) in [6.07, 6.45) is 0.869. The predicted molar refractivity (Wildman–Crippen MR) is 75.4 cm³/mol. The highest BCUT2D eigenvalue weighted by atomic mass is 19.1. The predicted octanol–water partition coefficient (Wildman–Crippen LogP) is 2.01. The Morgan fingerprint density at radius 1 is 1.29 bits per heavy atom. The fraction of sp³-hybridized carbons (Fsp3) is 0.467. The van der Waals surface area contributed by atoms with Gasteiger partial charge in [-0.05, 0) is 24.3 Å². The number of hydrogen-bond acceptors (Lipinski definition) is 3. The molecule has 2 heterocycles. The fourth-order valence-corrected chi connectivity index (χ4v) is 3.01. The quantitative estimate of drug-likeness (QED) is 0.877. The molecule has 0 bridgehead atoms. The van der Waals surface area contributed by atoms with E-state index in [4.69, 9.17) is 7.85 Å². The van der Waals surface area contributed by atoms with Gasteiger partial charge in [0.15, 0.2) is 17.8 Å². The summed E-state index contributed by atoms with van der Waals surface area (Å²) in [6.45, 7) is 0. The minimum atomic E-state index is -1.54. The molecule has 3 unspecified atom stereocenters. The van der Waals surface area contributed by atoms with Gasteiger partial charge in [-0.2, -0.15) is 5.10 Å². The molecule has 2 radical (unpaired) electrons. The molecule has 6 heteroatoms. The summed E-state index contributed by atoms with van der Waals surface area (Å²) in [5.74, 6) is 0.389. The topological polar surface area (TPSA) is 50.9 Å². The van der Waals surface area contributed by atoms with E-state index in [1.165, 1.54) is 0 Å². The van der Waals surface area contributed by atoms with Crippen molar-refractivity contribution in [1.29, 1.82) is 0 Å². The molecule has 0 saturated heterocycles. The maximum atomic E-state index is 14.2. The van der Waals surface area contributed by atoms with Gasteiger partial charge in [-0.15, -0.1) is 0 Å². The molecule has 1 N–H and O–H groups in total. The van der Waals surface area contributed by atoms with Gasteiger partial charge in [-0.1, -0.05) is 30.3 Å². The van der Waals surface area contributed by atoms with E-state index < -0.39 is 11.7 Å². The van der Waals surface area contributed by atoms with Crippen LogP contribution < -0.4 is 0 Å². The molecule has 1 aromatic heterocycles. The summed E-state index contributed by atoms with van der Waals surface area (Å²) in [5.41, 5.74) is -0.555. The first-order chi connectivity index (χ1) is 10.1. The van der Waals surface area contributed by atoms with Crippen LogP contribution in [0.2, 0.25) is 0 Å². The van der Waals surface area contributed by atoms with E-state index in [0.29, 0.717) is 6.42 Å². The van der Waals surface area contributed by atoms with Crippen LogP contribution in [-0.2, 0) is 5.50 Å². The van der Waals surface area contributed by atoms with Crippen LogP contribution in [0.4, 0.5) is 4.39 Å². The Hall–Kier alpha value is -1.69. The van der Waals surface area contributed by atoms with E-state index in [-0.39, 0.29) is 23.6 Å². The average molecular weight is 283 g/mol. The third-order valence-corrected chi connectivity index (χ3v) is 4.41. The van der Waals surface area contributed by atoms with Crippen LogP contribution in [-0.4, -0.2) is 27.7 Å². The summed E-state index contributed by atoms with van der Waals surface area (Å²) in [4.78, 5) is 4.18. The summed E-state index contributed by atoms with van der Waals surface area (Å²) >= 11 is 0. The molecule has 1 aromatic carbocycles. The first-order valence-corrected chi connectivity index (χ1v) is 7.24. The molecule has 0 amide bonds. The number of alkyl halides is 1. The molecule has 1 aliphatic carbocycles. The van der Waals surface area contributed by atoms with E-state index in [9.17, 15) is 9.50 Å². The number of fused-ring (bicyclic) bond motifs is 1. The average Bonchev–Trinajstić information content (AvgIpc) is 3.17. The molecule has 1 fully saturated rings. The minimum Gasteiger partial charge on any atom is -0.392 e. The molecule has 4 rings (SSSR count). The number of benzene rings is 1. The number of aliphatic hydroxyl groups is 1. The van der Waals surface area contributed by atoms with Crippen LogP contribution in [0.1, 0.15) is 48.7 Å². The molecule has 0 spiro atoms. The summed E-state index contributed by atoms with van der Waals surface area (Å²) in [5, 5.41) is 14.7. The highest BCUT2D eigenvalue weighted by Crippen LogP contribution is 2.45. The van der Waals surface area contributed by atoms with Crippen molar-refractivity contribution in [3.63, 3.8) is 0 Å². The van der Waals surface area contributed by atoms with E-state index in [1.54, 1.807) is 4.68 Å². The summed E-state index contributed by atoms with van der Waals surface area (Å²) in [6, 6.07) is 9.47. The Bertz CT molecular complexity index is 669. The van der Waals surface area contributed by atoms with Gasteiger partial charge in [0, 0.05) is 6.42 Å². The highest BCUT2D eigenvalue weighted by Gasteiger charge is 2.45. The van der Waals surface area contributed by atoms with Gasteiger partial charge >= 0.3 is 0 Å². The second kappa shape index (κ2) is 4.40. The number of nitrogens with zero attached hydrogens (tertiary/aromatic N) is 3. The van der Waals surface area contributed by atoms with Gasteiger partial charge < -0.3 is 5.11 Å². The van der Waals surface area contributed by atoms with Gasteiger partial charge in [0.25, 0.3) is 0 Å². The van der Waals surface area contributed by atoms with Gasteiger partial charge in [0.2, 0.25) is 0 Å². The van der Waals surface area contributed by atoms with E-state index in [1.807, 2.05) is 30.3 Å². The molecule has 2 aromatic rings. The maximum Gasteiger partial charge on any atom is 0.173 e. The molecule has 3 atom stereocenters. The molecule has 106 valence electrons. The van der Waals surface area contributed by atoms with Gasteiger partial charge in [-0.25, -0.2) is 14.1 Å². The second-order valence-corrected chi connectivity index (χ2v) is 5.97. The fourth-order valence-electron chi connectivity index (χ4n) is 3.01. The van der Waals surface area contributed by atoms with Crippen LogP contribution in [0.15, 0.2) is 30.3 Å². The maximum absolute atomic E-state index is 14.2. The third kappa shape index (κ3) is 2.00. The van der Waals surface area contributed by atoms with Crippen LogP contribution in [0.25, 0.3) is 0 Å². The van der Waals surface area contributed by atoms with Crippen molar-refractivity contribution in [1.82, 2.24) is 14.8 Å². The Labute approximate surface area is 123 Å². The van der Waals surface area contributed by atoms with E-state index in [0.717, 1.165) is 18.4 Å². The van der Waals surface area contributed by atoms with Crippen molar-refractivity contribution in [2.75, 3.05) is 0 Å². The molecule has 1 saturated carbocycles. The monoisotopic (exact) mass is 283 g/mol. The molecular formula is C15H15BFN3O. The molecular weight excluding hydrogens is 268 g/mol. The van der Waals surface area contributed by atoms with Crippen molar-refractivity contribution in [3.05, 3.63) is 47.5 Å². The lowest BCUT2D eigenvalue weighted by Gasteiger charge is -2.20. The first-order valence-electron chi connectivity index (χ1n) is 7.24. The Kier molecular flexibility index (Phi) is 2.73. The SMILES string of the molecule is [B]C(O)(c1nc2n(n1)C(c1ccccc1)CC2F)C1CC1. The normalized spacial score (nSPS) is 27.3.